The average molecular weight is 244 g/mol. The van der Waals surface area contributed by atoms with Crippen molar-refractivity contribution in [3.63, 3.8) is 0 Å². The van der Waals surface area contributed by atoms with E-state index in [0.717, 1.165) is 0 Å². The van der Waals surface area contributed by atoms with E-state index in [2.05, 4.69) is 41.4 Å². The van der Waals surface area contributed by atoms with E-state index in [1.807, 2.05) is 0 Å². The lowest BCUT2D eigenvalue weighted by Crippen LogP contribution is -2.44. The molecule has 0 spiro atoms. The number of rotatable bonds is 2. The number of nitrogens with one attached hydrogen (secondary N) is 1. The van der Waals surface area contributed by atoms with Gasteiger partial charge >= 0.3 is 0 Å². The third-order valence-corrected chi connectivity index (χ3v) is 4.59. The summed E-state index contributed by atoms with van der Waals surface area (Å²) in [7, 11) is 0. The summed E-state index contributed by atoms with van der Waals surface area (Å²) in [6, 6.07) is 8.96. The molecule has 0 atom stereocenters. The molecule has 0 unspecified atom stereocenters. The van der Waals surface area contributed by atoms with Crippen LogP contribution in [0.15, 0.2) is 24.3 Å². The van der Waals surface area contributed by atoms with Crippen LogP contribution in [0.5, 0.6) is 0 Å². The van der Waals surface area contributed by atoms with Crippen LogP contribution in [0.2, 0.25) is 0 Å². The second kappa shape index (κ2) is 4.93. The molecule has 1 saturated heterocycles. The molecule has 2 heteroatoms. The third-order valence-electron chi connectivity index (χ3n) is 4.59. The molecule has 2 nitrogen and oxygen atoms in total. The molecule has 1 aromatic rings. The van der Waals surface area contributed by atoms with Gasteiger partial charge in [0, 0.05) is 18.8 Å². The molecule has 3 rings (SSSR count). The van der Waals surface area contributed by atoms with Crippen molar-refractivity contribution >= 4 is 5.69 Å². The molecule has 0 aromatic heterocycles. The molecular formula is C16H24N2. The number of para-hydroxylation sites is 1. The Morgan fingerprint density at radius 1 is 1.22 bits per heavy atom. The predicted molar refractivity (Wildman–Crippen MR) is 77.2 cm³/mol. The van der Waals surface area contributed by atoms with Crippen molar-refractivity contribution in [1.82, 2.24) is 5.32 Å². The maximum Gasteiger partial charge on any atom is 0.0398 e. The first-order valence-corrected chi connectivity index (χ1v) is 7.30. The molecule has 98 valence electrons. The van der Waals surface area contributed by atoms with Gasteiger partial charge in [0.2, 0.25) is 0 Å². The van der Waals surface area contributed by atoms with E-state index >= 15 is 0 Å². The standard InChI is InChI=1S/C16H24N2/c1-16(8-10-17-11-9-16)13-18-12-4-6-14-5-2-3-7-15(14)18/h2-3,5,7,17H,4,6,8-13H2,1H3. The van der Waals surface area contributed by atoms with Gasteiger partial charge < -0.3 is 10.2 Å². The van der Waals surface area contributed by atoms with E-state index in [0.29, 0.717) is 5.41 Å². The minimum Gasteiger partial charge on any atom is -0.371 e. The summed E-state index contributed by atoms with van der Waals surface area (Å²) in [4.78, 5) is 2.63. The predicted octanol–water partition coefficient (Wildman–Crippen LogP) is 2.83. The zero-order chi connectivity index (χ0) is 12.4. The fraction of sp³-hybridized carbons (Fsp3) is 0.625. The monoisotopic (exact) mass is 244 g/mol. The van der Waals surface area contributed by atoms with Gasteiger partial charge in [0.15, 0.2) is 0 Å². The average Bonchev–Trinajstić information content (AvgIpc) is 2.40. The van der Waals surface area contributed by atoms with Gasteiger partial charge in [-0.15, -0.1) is 0 Å². The topological polar surface area (TPSA) is 15.3 Å². The van der Waals surface area contributed by atoms with Crippen molar-refractivity contribution in [2.75, 3.05) is 31.1 Å². The largest absolute Gasteiger partial charge is 0.371 e. The quantitative estimate of drug-likeness (QED) is 0.860. The molecule has 0 amide bonds. The Labute approximate surface area is 110 Å². The fourth-order valence-corrected chi connectivity index (χ4v) is 3.43. The molecule has 1 aromatic carbocycles. The molecule has 18 heavy (non-hydrogen) atoms. The Morgan fingerprint density at radius 2 is 2.00 bits per heavy atom. The molecule has 1 fully saturated rings. The summed E-state index contributed by atoms with van der Waals surface area (Å²) in [5.41, 5.74) is 3.53. The first-order valence-electron chi connectivity index (χ1n) is 7.30. The summed E-state index contributed by atoms with van der Waals surface area (Å²) < 4.78 is 0. The summed E-state index contributed by atoms with van der Waals surface area (Å²) in [5, 5.41) is 3.48. The summed E-state index contributed by atoms with van der Waals surface area (Å²) in [6.07, 6.45) is 5.19. The number of nitrogens with zero attached hydrogens (tertiary/aromatic N) is 1. The number of fused-ring (bicyclic) bond motifs is 1. The van der Waals surface area contributed by atoms with Crippen LogP contribution >= 0.6 is 0 Å². The molecule has 0 radical (unpaired) electrons. The van der Waals surface area contributed by atoms with E-state index in [1.54, 1.807) is 5.56 Å². The van der Waals surface area contributed by atoms with E-state index in [1.165, 1.54) is 57.5 Å². The number of piperidine rings is 1. The van der Waals surface area contributed by atoms with Gasteiger partial charge in [-0.05, 0) is 55.8 Å². The van der Waals surface area contributed by atoms with Gasteiger partial charge in [0.25, 0.3) is 0 Å². The van der Waals surface area contributed by atoms with Crippen molar-refractivity contribution in [3.8, 4) is 0 Å². The van der Waals surface area contributed by atoms with Gasteiger partial charge in [-0.1, -0.05) is 25.1 Å². The lowest BCUT2D eigenvalue weighted by Gasteiger charge is -2.41. The molecule has 2 aliphatic heterocycles. The number of benzene rings is 1. The Balaban J connectivity index is 1.77. The van der Waals surface area contributed by atoms with Crippen LogP contribution in [0.1, 0.15) is 31.7 Å². The van der Waals surface area contributed by atoms with Gasteiger partial charge in [-0.25, -0.2) is 0 Å². The van der Waals surface area contributed by atoms with Crippen molar-refractivity contribution in [3.05, 3.63) is 29.8 Å². The van der Waals surface area contributed by atoms with E-state index in [4.69, 9.17) is 0 Å². The van der Waals surface area contributed by atoms with Crippen LogP contribution in [-0.2, 0) is 6.42 Å². The van der Waals surface area contributed by atoms with Crippen LogP contribution in [0.3, 0.4) is 0 Å². The second-order valence-electron chi connectivity index (χ2n) is 6.21. The van der Waals surface area contributed by atoms with Crippen molar-refractivity contribution in [2.24, 2.45) is 5.41 Å². The second-order valence-corrected chi connectivity index (χ2v) is 6.21. The first-order chi connectivity index (χ1) is 8.77. The minimum absolute atomic E-state index is 0.496. The van der Waals surface area contributed by atoms with Crippen LogP contribution < -0.4 is 10.2 Å². The van der Waals surface area contributed by atoms with Gasteiger partial charge in [-0.3, -0.25) is 0 Å². The highest BCUT2D eigenvalue weighted by atomic mass is 15.1. The molecule has 0 aliphatic carbocycles. The fourth-order valence-electron chi connectivity index (χ4n) is 3.43. The summed E-state index contributed by atoms with van der Waals surface area (Å²) >= 11 is 0. The molecule has 0 saturated carbocycles. The van der Waals surface area contributed by atoms with Crippen LogP contribution in [-0.4, -0.2) is 26.2 Å². The Hall–Kier alpha value is -1.02. The Bertz CT molecular complexity index is 407. The molecule has 2 heterocycles. The third kappa shape index (κ3) is 2.39. The number of aryl methyl sites for hydroxylation is 1. The smallest absolute Gasteiger partial charge is 0.0398 e. The highest BCUT2D eigenvalue weighted by Gasteiger charge is 2.30. The zero-order valence-electron chi connectivity index (χ0n) is 11.4. The molecule has 2 aliphatic rings. The minimum atomic E-state index is 0.496. The Kier molecular flexibility index (Phi) is 3.29. The highest BCUT2D eigenvalue weighted by molar-refractivity contribution is 5.55. The Morgan fingerprint density at radius 3 is 2.83 bits per heavy atom. The van der Waals surface area contributed by atoms with E-state index in [9.17, 15) is 0 Å². The normalized spacial score (nSPS) is 22.6. The van der Waals surface area contributed by atoms with Gasteiger partial charge in [0.1, 0.15) is 0 Å². The van der Waals surface area contributed by atoms with Gasteiger partial charge in [0.05, 0.1) is 0 Å². The summed E-state index contributed by atoms with van der Waals surface area (Å²) in [6.45, 7) is 7.30. The van der Waals surface area contributed by atoms with Crippen LogP contribution in [0.4, 0.5) is 5.69 Å². The molecular weight excluding hydrogens is 220 g/mol. The van der Waals surface area contributed by atoms with E-state index in [-0.39, 0.29) is 0 Å². The van der Waals surface area contributed by atoms with Crippen molar-refractivity contribution in [2.45, 2.75) is 32.6 Å². The number of hydrogen-bond acceptors (Lipinski definition) is 2. The maximum atomic E-state index is 3.48. The van der Waals surface area contributed by atoms with E-state index < -0.39 is 0 Å². The van der Waals surface area contributed by atoms with Crippen molar-refractivity contribution < 1.29 is 0 Å². The van der Waals surface area contributed by atoms with Crippen LogP contribution in [0.25, 0.3) is 0 Å². The highest BCUT2D eigenvalue weighted by Crippen LogP contribution is 2.34. The lowest BCUT2D eigenvalue weighted by atomic mass is 9.80. The van der Waals surface area contributed by atoms with Crippen molar-refractivity contribution in [1.29, 1.82) is 0 Å². The molecule has 0 bridgehead atoms. The summed E-state index contributed by atoms with van der Waals surface area (Å²) in [5.74, 6) is 0. The van der Waals surface area contributed by atoms with Gasteiger partial charge in [-0.2, -0.15) is 0 Å². The number of anilines is 1. The number of hydrogen-bond donors (Lipinski definition) is 1. The lowest BCUT2D eigenvalue weighted by molar-refractivity contribution is 0.233. The first kappa shape index (κ1) is 12.0. The molecule has 1 N–H and O–H groups in total. The SMILES string of the molecule is CC1(CN2CCCc3ccccc32)CCNCC1. The zero-order valence-corrected chi connectivity index (χ0v) is 11.4. The van der Waals surface area contributed by atoms with Crippen LogP contribution in [0, 0.1) is 5.41 Å². The maximum absolute atomic E-state index is 3.48.